The van der Waals surface area contributed by atoms with Crippen molar-refractivity contribution in [1.29, 1.82) is 0 Å². The van der Waals surface area contributed by atoms with Crippen LogP contribution in [0.1, 0.15) is 17.8 Å². The standard InChI is InChI=1S/C12H17N5O/c1-18-11-5-2-4-10(8-11)9-12-14-15-16-17(12)7-3-6-13/h2,4-5,8H,3,6-7,9,13H2,1H3. The number of hydrogen-bond acceptors (Lipinski definition) is 5. The van der Waals surface area contributed by atoms with E-state index in [1.807, 2.05) is 24.3 Å². The molecule has 1 heterocycles. The van der Waals surface area contributed by atoms with Crippen LogP contribution in [0.5, 0.6) is 5.75 Å². The minimum absolute atomic E-state index is 0.637. The molecule has 0 aliphatic carbocycles. The lowest BCUT2D eigenvalue weighted by Gasteiger charge is -2.05. The van der Waals surface area contributed by atoms with E-state index < -0.39 is 0 Å². The Hall–Kier alpha value is -1.95. The van der Waals surface area contributed by atoms with E-state index in [-0.39, 0.29) is 0 Å². The van der Waals surface area contributed by atoms with Crippen molar-refractivity contribution in [3.05, 3.63) is 35.7 Å². The largest absolute Gasteiger partial charge is 0.497 e. The number of aromatic nitrogens is 4. The average Bonchev–Trinajstić information content (AvgIpc) is 2.84. The van der Waals surface area contributed by atoms with Crippen molar-refractivity contribution in [2.45, 2.75) is 19.4 Å². The lowest BCUT2D eigenvalue weighted by atomic mass is 10.1. The summed E-state index contributed by atoms with van der Waals surface area (Å²) in [7, 11) is 1.66. The zero-order chi connectivity index (χ0) is 12.8. The fraction of sp³-hybridized carbons (Fsp3) is 0.417. The van der Waals surface area contributed by atoms with E-state index in [0.29, 0.717) is 13.0 Å². The van der Waals surface area contributed by atoms with Crippen molar-refractivity contribution in [1.82, 2.24) is 20.2 Å². The van der Waals surface area contributed by atoms with Gasteiger partial charge in [-0.1, -0.05) is 12.1 Å². The quantitative estimate of drug-likeness (QED) is 0.809. The predicted molar refractivity (Wildman–Crippen MR) is 67.3 cm³/mol. The van der Waals surface area contributed by atoms with E-state index in [0.717, 1.165) is 30.1 Å². The number of aryl methyl sites for hydroxylation is 1. The van der Waals surface area contributed by atoms with Crippen LogP contribution in [-0.4, -0.2) is 33.9 Å². The highest BCUT2D eigenvalue weighted by Gasteiger charge is 2.07. The number of hydrogen-bond donors (Lipinski definition) is 1. The van der Waals surface area contributed by atoms with E-state index in [1.165, 1.54) is 0 Å². The summed E-state index contributed by atoms with van der Waals surface area (Å²) in [5.41, 5.74) is 6.61. The van der Waals surface area contributed by atoms with Crippen LogP contribution in [0.3, 0.4) is 0 Å². The summed E-state index contributed by atoms with van der Waals surface area (Å²) in [6, 6.07) is 7.90. The van der Waals surface area contributed by atoms with E-state index in [2.05, 4.69) is 15.5 Å². The van der Waals surface area contributed by atoms with Gasteiger partial charge in [0.25, 0.3) is 0 Å². The molecule has 1 aromatic heterocycles. The molecule has 0 spiro atoms. The van der Waals surface area contributed by atoms with Gasteiger partial charge < -0.3 is 10.5 Å². The third kappa shape index (κ3) is 3.04. The maximum absolute atomic E-state index is 5.49. The minimum Gasteiger partial charge on any atom is -0.497 e. The summed E-state index contributed by atoms with van der Waals surface area (Å²) in [6.07, 6.45) is 1.56. The monoisotopic (exact) mass is 247 g/mol. The molecule has 6 nitrogen and oxygen atoms in total. The second kappa shape index (κ2) is 6.11. The molecular formula is C12H17N5O. The maximum atomic E-state index is 5.49. The normalized spacial score (nSPS) is 10.6. The SMILES string of the molecule is COc1cccc(Cc2nnnn2CCCN)c1. The van der Waals surface area contributed by atoms with Gasteiger partial charge in [0.1, 0.15) is 5.75 Å². The maximum Gasteiger partial charge on any atom is 0.155 e. The smallest absolute Gasteiger partial charge is 0.155 e. The summed E-state index contributed by atoms with van der Waals surface area (Å²) in [5.74, 6) is 1.69. The molecule has 0 aliphatic rings. The summed E-state index contributed by atoms with van der Waals surface area (Å²) in [6.45, 7) is 1.39. The molecule has 0 saturated carbocycles. The van der Waals surface area contributed by atoms with E-state index >= 15 is 0 Å². The second-order valence-corrected chi connectivity index (χ2v) is 3.99. The van der Waals surface area contributed by atoms with Crippen LogP contribution in [0.2, 0.25) is 0 Å². The first kappa shape index (κ1) is 12.5. The van der Waals surface area contributed by atoms with Gasteiger partial charge in [-0.05, 0) is 41.1 Å². The molecular weight excluding hydrogens is 230 g/mol. The third-order valence-electron chi connectivity index (χ3n) is 2.68. The molecule has 2 aromatic rings. The lowest BCUT2D eigenvalue weighted by molar-refractivity contribution is 0.414. The first-order valence-corrected chi connectivity index (χ1v) is 5.91. The Morgan fingerprint density at radius 3 is 3.06 bits per heavy atom. The van der Waals surface area contributed by atoms with Crippen LogP contribution >= 0.6 is 0 Å². The first-order valence-electron chi connectivity index (χ1n) is 5.91. The van der Waals surface area contributed by atoms with Crippen LogP contribution < -0.4 is 10.5 Å². The number of methoxy groups -OCH3 is 1. The van der Waals surface area contributed by atoms with E-state index in [4.69, 9.17) is 10.5 Å². The molecule has 0 atom stereocenters. The molecule has 0 amide bonds. The molecule has 2 N–H and O–H groups in total. The Morgan fingerprint density at radius 2 is 2.28 bits per heavy atom. The first-order chi connectivity index (χ1) is 8.83. The van der Waals surface area contributed by atoms with E-state index in [1.54, 1.807) is 11.8 Å². The molecule has 18 heavy (non-hydrogen) atoms. The number of benzene rings is 1. The van der Waals surface area contributed by atoms with Crippen molar-refractivity contribution < 1.29 is 4.74 Å². The van der Waals surface area contributed by atoms with Crippen molar-refractivity contribution >= 4 is 0 Å². The van der Waals surface area contributed by atoms with Crippen LogP contribution in [0.25, 0.3) is 0 Å². The second-order valence-electron chi connectivity index (χ2n) is 3.99. The van der Waals surface area contributed by atoms with E-state index in [9.17, 15) is 0 Å². The average molecular weight is 247 g/mol. The number of nitrogens with zero attached hydrogens (tertiary/aromatic N) is 4. The van der Waals surface area contributed by atoms with Gasteiger partial charge in [0.05, 0.1) is 7.11 Å². The zero-order valence-corrected chi connectivity index (χ0v) is 10.4. The Kier molecular flexibility index (Phi) is 4.25. The van der Waals surface area contributed by atoms with Gasteiger partial charge in [0, 0.05) is 13.0 Å². The van der Waals surface area contributed by atoms with Gasteiger partial charge >= 0.3 is 0 Å². The van der Waals surface area contributed by atoms with Gasteiger partial charge in [0.15, 0.2) is 5.82 Å². The summed E-state index contributed by atoms with van der Waals surface area (Å²) in [4.78, 5) is 0. The van der Waals surface area contributed by atoms with Crippen LogP contribution in [-0.2, 0) is 13.0 Å². The molecule has 0 radical (unpaired) electrons. The summed E-state index contributed by atoms with van der Waals surface area (Å²) >= 11 is 0. The van der Waals surface area contributed by atoms with Gasteiger partial charge in [-0.3, -0.25) is 0 Å². The number of ether oxygens (including phenoxy) is 1. The Bertz CT molecular complexity index is 497. The topological polar surface area (TPSA) is 78.9 Å². The minimum atomic E-state index is 0.637. The van der Waals surface area contributed by atoms with Crippen molar-refractivity contribution in [3.8, 4) is 5.75 Å². The molecule has 0 unspecified atom stereocenters. The lowest BCUT2D eigenvalue weighted by Crippen LogP contribution is -2.10. The Balaban J connectivity index is 2.10. The molecule has 0 aliphatic heterocycles. The highest BCUT2D eigenvalue weighted by atomic mass is 16.5. The van der Waals surface area contributed by atoms with Crippen molar-refractivity contribution in [2.75, 3.05) is 13.7 Å². The molecule has 0 saturated heterocycles. The van der Waals surface area contributed by atoms with Crippen LogP contribution in [0, 0.1) is 0 Å². The summed E-state index contributed by atoms with van der Waals surface area (Å²) in [5, 5.41) is 11.7. The van der Waals surface area contributed by atoms with Gasteiger partial charge in [0.2, 0.25) is 0 Å². The molecule has 2 rings (SSSR count). The van der Waals surface area contributed by atoms with Gasteiger partial charge in [-0.15, -0.1) is 5.10 Å². The number of tetrazole rings is 1. The number of rotatable bonds is 6. The molecule has 6 heteroatoms. The Morgan fingerprint density at radius 1 is 1.39 bits per heavy atom. The predicted octanol–water partition coefficient (Wildman–Crippen LogP) is 0.621. The number of nitrogens with two attached hydrogens (primary N) is 1. The Labute approximate surface area is 106 Å². The fourth-order valence-corrected chi connectivity index (χ4v) is 1.73. The molecule has 0 bridgehead atoms. The highest BCUT2D eigenvalue weighted by Crippen LogP contribution is 2.14. The van der Waals surface area contributed by atoms with Crippen molar-refractivity contribution in [3.63, 3.8) is 0 Å². The zero-order valence-electron chi connectivity index (χ0n) is 10.4. The van der Waals surface area contributed by atoms with Crippen LogP contribution in [0.4, 0.5) is 0 Å². The van der Waals surface area contributed by atoms with Crippen LogP contribution in [0.15, 0.2) is 24.3 Å². The molecule has 1 aromatic carbocycles. The third-order valence-corrected chi connectivity index (χ3v) is 2.68. The van der Waals surface area contributed by atoms with Crippen molar-refractivity contribution in [2.24, 2.45) is 5.73 Å². The van der Waals surface area contributed by atoms with Gasteiger partial charge in [-0.2, -0.15) is 0 Å². The summed E-state index contributed by atoms with van der Waals surface area (Å²) < 4.78 is 6.99. The molecule has 96 valence electrons. The fourth-order valence-electron chi connectivity index (χ4n) is 1.73. The molecule has 0 fully saturated rings. The van der Waals surface area contributed by atoms with Gasteiger partial charge in [-0.25, -0.2) is 4.68 Å². The highest BCUT2D eigenvalue weighted by molar-refractivity contribution is 5.30.